The number of H-pyrrole nitrogens is 1. The second-order valence-electron chi connectivity index (χ2n) is 6.69. The standard InChI is InChI=1S/C20H22N2O4/c1-12-9-17-15(18(23)10-12)11-16(20(25)22-17)19(24)21-8-7-13-3-5-14(26-2)6-4-13/h3-6,11-12H,7-10H2,1-2H3,(H,21,24)(H,22,25). The van der Waals surface area contributed by atoms with Crippen molar-refractivity contribution in [3.05, 3.63) is 63.1 Å². The number of Topliss-reactive ketones (excluding diaryl/α,β-unsaturated/α-hetero) is 1. The lowest BCUT2D eigenvalue weighted by atomic mass is 9.86. The van der Waals surface area contributed by atoms with Gasteiger partial charge in [0.2, 0.25) is 0 Å². The monoisotopic (exact) mass is 354 g/mol. The number of methoxy groups -OCH3 is 1. The molecule has 2 N–H and O–H groups in total. The van der Waals surface area contributed by atoms with Crippen molar-refractivity contribution >= 4 is 11.7 Å². The average Bonchev–Trinajstić information content (AvgIpc) is 2.61. The largest absolute Gasteiger partial charge is 0.497 e. The maximum absolute atomic E-state index is 12.4. The van der Waals surface area contributed by atoms with Crippen LogP contribution in [0.25, 0.3) is 0 Å². The molecular weight excluding hydrogens is 332 g/mol. The van der Waals surface area contributed by atoms with Crippen LogP contribution < -0.4 is 15.6 Å². The number of hydrogen-bond acceptors (Lipinski definition) is 4. The first-order chi connectivity index (χ1) is 12.5. The minimum absolute atomic E-state index is 0.0126. The van der Waals surface area contributed by atoms with Crippen LogP contribution in [0.3, 0.4) is 0 Å². The van der Waals surface area contributed by atoms with Crippen molar-refractivity contribution in [2.24, 2.45) is 5.92 Å². The molecule has 0 aliphatic heterocycles. The predicted molar refractivity (Wildman–Crippen MR) is 97.9 cm³/mol. The van der Waals surface area contributed by atoms with Crippen molar-refractivity contribution in [3.63, 3.8) is 0 Å². The lowest BCUT2D eigenvalue weighted by Gasteiger charge is -2.20. The molecule has 1 amide bonds. The predicted octanol–water partition coefficient (Wildman–Crippen LogP) is 2.12. The first-order valence-corrected chi connectivity index (χ1v) is 8.68. The molecule has 0 radical (unpaired) electrons. The third kappa shape index (κ3) is 3.85. The fraction of sp³-hybridized carbons (Fsp3) is 0.350. The van der Waals surface area contributed by atoms with Crippen molar-refractivity contribution in [3.8, 4) is 5.75 Å². The Balaban J connectivity index is 1.67. The van der Waals surface area contributed by atoms with Crippen LogP contribution in [0.1, 0.15) is 45.3 Å². The zero-order chi connectivity index (χ0) is 18.7. The maximum Gasteiger partial charge on any atom is 0.261 e. The van der Waals surface area contributed by atoms with Crippen LogP contribution in [0.2, 0.25) is 0 Å². The van der Waals surface area contributed by atoms with Gasteiger partial charge in [0.1, 0.15) is 11.3 Å². The summed E-state index contributed by atoms with van der Waals surface area (Å²) in [5, 5.41) is 2.75. The molecule has 6 nitrogen and oxygen atoms in total. The van der Waals surface area contributed by atoms with E-state index in [1.54, 1.807) is 7.11 Å². The Morgan fingerprint density at radius 3 is 2.65 bits per heavy atom. The summed E-state index contributed by atoms with van der Waals surface area (Å²) in [6.07, 6.45) is 1.72. The normalized spacial score (nSPS) is 16.1. The van der Waals surface area contributed by atoms with E-state index in [-0.39, 0.29) is 17.3 Å². The first-order valence-electron chi connectivity index (χ1n) is 8.68. The molecule has 1 aromatic heterocycles. The number of fused-ring (bicyclic) bond motifs is 1. The van der Waals surface area contributed by atoms with Gasteiger partial charge in [0.05, 0.1) is 7.11 Å². The van der Waals surface area contributed by atoms with Gasteiger partial charge in [-0.3, -0.25) is 14.4 Å². The van der Waals surface area contributed by atoms with E-state index < -0.39 is 11.5 Å². The summed E-state index contributed by atoms with van der Waals surface area (Å²) in [7, 11) is 1.61. The molecule has 26 heavy (non-hydrogen) atoms. The molecule has 0 saturated carbocycles. The highest BCUT2D eigenvalue weighted by molar-refractivity contribution is 6.01. The fourth-order valence-electron chi connectivity index (χ4n) is 3.20. The number of ether oxygens (including phenoxy) is 1. The molecule has 136 valence electrons. The van der Waals surface area contributed by atoms with E-state index in [1.807, 2.05) is 31.2 Å². The number of nitrogens with one attached hydrogen (secondary N) is 2. The number of aromatic nitrogens is 1. The smallest absolute Gasteiger partial charge is 0.261 e. The summed E-state index contributed by atoms with van der Waals surface area (Å²) < 4.78 is 5.11. The molecule has 0 fully saturated rings. The zero-order valence-corrected chi connectivity index (χ0v) is 14.9. The van der Waals surface area contributed by atoms with Crippen LogP contribution >= 0.6 is 0 Å². The Labute approximate surface area is 151 Å². The van der Waals surface area contributed by atoms with Crippen LogP contribution in [-0.2, 0) is 12.8 Å². The van der Waals surface area contributed by atoms with Gasteiger partial charge in [0, 0.05) is 24.2 Å². The molecule has 6 heteroatoms. The molecule has 0 saturated heterocycles. The molecular formula is C20H22N2O4. The van der Waals surface area contributed by atoms with Crippen molar-refractivity contribution in [2.45, 2.75) is 26.2 Å². The highest BCUT2D eigenvalue weighted by Gasteiger charge is 2.25. The lowest BCUT2D eigenvalue weighted by molar-refractivity contribution is 0.0951. The number of rotatable bonds is 5. The van der Waals surface area contributed by atoms with Gasteiger partial charge in [0.15, 0.2) is 5.78 Å². The third-order valence-electron chi connectivity index (χ3n) is 4.61. The Morgan fingerprint density at radius 2 is 1.96 bits per heavy atom. The summed E-state index contributed by atoms with van der Waals surface area (Å²) >= 11 is 0. The average molecular weight is 354 g/mol. The molecule has 1 unspecified atom stereocenters. The van der Waals surface area contributed by atoms with Gasteiger partial charge < -0.3 is 15.0 Å². The summed E-state index contributed by atoms with van der Waals surface area (Å²) in [6, 6.07) is 9.01. The van der Waals surface area contributed by atoms with Crippen molar-refractivity contribution in [1.82, 2.24) is 10.3 Å². The van der Waals surface area contributed by atoms with Crippen molar-refractivity contribution in [2.75, 3.05) is 13.7 Å². The van der Waals surface area contributed by atoms with Crippen molar-refractivity contribution < 1.29 is 14.3 Å². The van der Waals surface area contributed by atoms with E-state index in [1.165, 1.54) is 6.07 Å². The molecule has 1 aromatic carbocycles. The number of pyridine rings is 1. The zero-order valence-electron chi connectivity index (χ0n) is 14.9. The Morgan fingerprint density at radius 1 is 1.23 bits per heavy atom. The van der Waals surface area contributed by atoms with Crippen LogP contribution in [0, 0.1) is 5.92 Å². The first kappa shape index (κ1) is 17.9. The van der Waals surface area contributed by atoms with Crippen LogP contribution in [0.4, 0.5) is 0 Å². The SMILES string of the molecule is COc1ccc(CCNC(=O)c2cc3c([nH]c2=O)CC(C)CC3=O)cc1. The highest BCUT2D eigenvalue weighted by Crippen LogP contribution is 2.23. The molecule has 2 aromatic rings. The van der Waals surface area contributed by atoms with E-state index in [2.05, 4.69) is 10.3 Å². The summed E-state index contributed by atoms with van der Waals surface area (Å²) in [4.78, 5) is 39.4. The second kappa shape index (κ2) is 7.56. The van der Waals surface area contributed by atoms with E-state index in [0.29, 0.717) is 37.1 Å². The maximum atomic E-state index is 12.4. The molecule has 1 heterocycles. The van der Waals surface area contributed by atoms with Crippen LogP contribution in [0.15, 0.2) is 35.1 Å². The number of hydrogen-bond donors (Lipinski definition) is 2. The second-order valence-corrected chi connectivity index (χ2v) is 6.69. The van der Waals surface area contributed by atoms with E-state index >= 15 is 0 Å². The fourth-order valence-corrected chi connectivity index (χ4v) is 3.20. The van der Waals surface area contributed by atoms with Gasteiger partial charge in [-0.25, -0.2) is 0 Å². The number of carbonyl (C=O) groups is 2. The Bertz CT molecular complexity index is 884. The Hall–Kier alpha value is -2.89. The highest BCUT2D eigenvalue weighted by atomic mass is 16.5. The molecule has 1 aliphatic carbocycles. The van der Waals surface area contributed by atoms with Gasteiger partial charge in [0.25, 0.3) is 11.5 Å². The Kier molecular flexibility index (Phi) is 5.21. The molecule has 0 bridgehead atoms. The van der Waals surface area contributed by atoms with Crippen LogP contribution in [0.5, 0.6) is 5.75 Å². The van der Waals surface area contributed by atoms with E-state index in [4.69, 9.17) is 4.74 Å². The quantitative estimate of drug-likeness (QED) is 0.861. The number of amides is 1. The number of carbonyl (C=O) groups excluding carboxylic acids is 2. The van der Waals surface area contributed by atoms with E-state index in [0.717, 1.165) is 11.3 Å². The third-order valence-corrected chi connectivity index (χ3v) is 4.61. The molecule has 3 rings (SSSR count). The molecule has 1 atom stereocenters. The number of benzene rings is 1. The van der Waals surface area contributed by atoms with E-state index in [9.17, 15) is 14.4 Å². The van der Waals surface area contributed by atoms with Gasteiger partial charge in [-0.05, 0) is 42.5 Å². The van der Waals surface area contributed by atoms with Crippen molar-refractivity contribution in [1.29, 1.82) is 0 Å². The van der Waals surface area contributed by atoms with Gasteiger partial charge >= 0.3 is 0 Å². The minimum atomic E-state index is -0.464. The topological polar surface area (TPSA) is 88.3 Å². The van der Waals surface area contributed by atoms with Gasteiger partial charge in [-0.2, -0.15) is 0 Å². The van der Waals surface area contributed by atoms with Gasteiger partial charge in [-0.1, -0.05) is 19.1 Å². The van der Waals surface area contributed by atoms with Gasteiger partial charge in [-0.15, -0.1) is 0 Å². The summed E-state index contributed by atoms with van der Waals surface area (Å²) in [5.41, 5.74) is 1.68. The number of ketones is 1. The lowest BCUT2D eigenvalue weighted by Crippen LogP contribution is -2.33. The molecule has 1 aliphatic rings. The summed E-state index contributed by atoms with van der Waals surface area (Å²) in [5.74, 6) is 0.489. The molecule has 0 spiro atoms. The van der Waals surface area contributed by atoms with Crippen LogP contribution in [-0.4, -0.2) is 30.3 Å². The minimum Gasteiger partial charge on any atom is -0.497 e. The number of aromatic amines is 1. The summed E-state index contributed by atoms with van der Waals surface area (Å²) in [6.45, 7) is 2.37.